The van der Waals surface area contributed by atoms with Crippen LogP contribution in [0.15, 0.2) is 86.2 Å². The molecule has 0 saturated carbocycles. The molecule has 0 radical (unpaired) electrons. The van der Waals surface area contributed by atoms with Crippen molar-refractivity contribution < 1.29 is 28.5 Å². The minimum Gasteiger partial charge on any atom is -0.496 e. The molecular weight excluding hydrogens is 648 g/mol. The average molecular weight is 678 g/mol. The van der Waals surface area contributed by atoms with Crippen LogP contribution < -0.4 is 33.8 Å². The van der Waals surface area contributed by atoms with Crippen LogP contribution in [0.1, 0.15) is 43.5 Å². The van der Waals surface area contributed by atoms with Crippen molar-refractivity contribution in [1.29, 1.82) is 0 Å². The number of allylic oxidation sites excluding steroid dienone is 1. The van der Waals surface area contributed by atoms with E-state index in [2.05, 4.69) is 20.9 Å². The normalized spacial score (nSPS) is 15.7. The van der Waals surface area contributed by atoms with Crippen molar-refractivity contribution in [2.24, 2.45) is 4.99 Å². The molecule has 0 spiro atoms. The summed E-state index contributed by atoms with van der Waals surface area (Å²) in [6.07, 6.45) is 1.47. The standard InChI is InChI=1S/C33H29BrN2O7S/c1-18(2)43-32(38)29-19(3)35-33-36(30(29)24-15-22(34)8-12-25(24)39-4)31(37)28(44-33)14-20-5-9-23(10-6-20)40-16-21-7-11-26-27(13-21)42-17-41-26/h5-15,18,30H,16-17H2,1-4H3/b28-14-/t30-/m0/s1. The number of esters is 1. The summed E-state index contributed by atoms with van der Waals surface area (Å²) in [7, 11) is 1.56. The number of nitrogens with zero attached hydrogens (tertiary/aromatic N) is 2. The molecule has 0 bridgehead atoms. The smallest absolute Gasteiger partial charge is 0.338 e. The summed E-state index contributed by atoms with van der Waals surface area (Å²) in [5, 5.41) is 0. The summed E-state index contributed by atoms with van der Waals surface area (Å²) < 4.78 is 30.8. The average Bonchev–Trinajstić information content (AvgIpc) is 3.59. The second-order valence-electron chi connectivity index (χ2n) is 10.5. The summed E-state index contributed by atoms with van der Waals surface area (Å²) in [5.74, 6) is 2.13. The van der Waals surface area contributed by atoms with Gasteiger partial charge in [0.25, 0.3) is 5.56 Å². The topological polar surface area (TPSA) is 97.6 Å². The monoisotopic (exact) mass is 676 g/mol. The van der Waals surface area contributed by atoms with Crippen LogP contribution in [-0.4, -0.2) is 30.5 Å². The van der Waals surface area contributed by atoms with Crippen molar-refractivity contribution in [3.8, 4) is 23.0 Å². The van der Waals surface area contributed by atoms with Gasteiger partial charge in [-0.1, -0.05) is 45.5 Å². The van der Waals surface area contributed by atoms with Crippen LogP contribution in [-0.2, 0) is 16.1 Å². The third kappa shape index (κ3) is 5.89. The number of carbonyl (C=O) groups excluding carboxylic acids is 1. The van der Waals surface area contributed by atoms with Gasteiger partial charge in [0.05, 0.1) is 29.0 Å². The highest BCUT2D eigenvalue weighted by Gasteiger charge is 2.35. The largest absolute Gasteiger partial charge is 0.496 e. The lowest BCUT2D eigenvalue weighted by atomic mass is 9.95. The van der Waals surface area contributed by atoms with Crippen LogP contribution >= 0.6 is 27.3 Å². The Morgan fingerprint density at radius 3 is 2.64 bits per heavy atom. The number of aromatic nitrogens is 1. The number of methoxy groups -OCH3 is 1. The Bertz CT molecular complexity index is 1960. The molecule has 3 aromatic carbocycles. The summed E-state index contributed by atoms with van der Waals surface area (Å²) in [4.78, 5) is 32.6. The molecule has 2 aliphatic heterocycles. The lowest BCUT2D eigenvalue weighted by Gasteiger charge is -2.26. The maximum atomic E-state index is 14.0. The first kappa shape index (κ1) is 29.7. The second-order valence-corrected chi connectivity index (χ2v) is 12.4. The summed E-state index contributed by atoms with van der Waals surface area (Å²) in [5.41, 5.74) is 2.92. The van der Waals surface area contributed by atoms with Crippen molar-refractivity contribution in [2.75, 3.05) is 13.9 Å². The van der Waals surface area contributed by atoms with E-state index in [1.165, 1.54) is 11.3 Å². The van der Waals surface area contributed by atoms with Crippen molar-refractivity contribution in [1.82, 2.24) is 4.57 Å². The molecule has 0 fully saturated rings. The third-order valence-electron chi connectivity index (χ3n) is 7.09. The highest BCUT2D eigenvalue weighted by molar-refractivity contribution is 9.10. The highest BCUT2D eigenvalue weighted by atomic mass is 79.9. The number of benzene rings is 3. The Morgan fingerprint density at radius 2 is 1.89 bits per heavy atom. The summed E-state index contributed by atoms with van der Waals surface area (Å²) in [6.45, 7) is 5.92. The van der Waals surface area contributed by atoms with Crippen LogP contribution in [0.25, 0.3) is 6.08 Å². The first-order valence-corrected chi connectivity index (χ1v) is 15.5. The fourth-order valence-electron chi connectivity index (χ4n) is 5.08. The molecular formula is C33H29BrN2O7S. The summed E-state index contributed by atoms with van der Waals surface area (Å²) in [6, 6.07) is 17.9. The number of hydrogen-bond acceptors (Lipinski definition) is 9. The van der Waals surface area contributed by atoms with E-state index < -0.39 is 12.0 Å². The molecule has 4 aromatic rings. The van der Waals surface area contributed by atoms with Gasteiger partial charge in [-0.25, -0.2) is 9.79 Å². The minimum atomic E-state index is -0.793. The third-order valence-corrected chi connectivity index (χ3v) is 8.57. The van der Waals surface area contributed by atoms with Crippen molar-refractivity contribution in [2.45, 2.75) is 39.5 Å². The number of carbonyl (C=O) groups is 1. The minimum absolute atomic E-state index is 0.226. The number of halogens is 1. The fraction of sp³-hybridized carbons (Fsp3) is 0.242. The predicted molar refractivity (Wildman–Crippen MR) is 169 cm³/mol. The Labute approximate surface area is 265 Å². The van der Waals surface area contributed by atoms with Gasteiger partial charge >= 0.3 is 5.97 Å². The zero-order chi connectivity index (χ0) is 31.0. The van der Waals surface area contributed by atoms with E-state index in [-0.39, 0.29) is 24.0 Å². The molecule has 0 aliphatic carbocycles. The van der Waals surface area contributed by atoms with Gasteiger partial charge in [0, 0.05) is 10.0 Å². The van der Waals surface area contributed by atoms with Gasteiger partial charge in [-0.05, 0) is 80.4 Å². The number of rotatable bonds is 8. The lowest BCUT2D eigenvalue weighted by molar-refractivity contribution is -0.143. The second kappa shape index (κ2) is 12.3. The van der Waals surface area contributed by atoms with E-state index in [1.807, 2.05) is 60.7 Å². The number of fused-ring (bicyclic) bond motifs is 2. The van der Waals surface area contributed by atoms with E-state index in [0.29, 0.717) is 44.4 Å². The molecule has 9 nitrogen and oxygen atoms in total. The van der Waals surface area contributed by atoms with Gasteiger partial charge in [0.15, 0.2) is 16.3 Å². The molecule has 226 valence electrons. The molecule has 0 saturated heterocycles. The van der Waals surface area contributed by atoms with Crippen LogP contribution in [0.4, 0.5) is 0 Å². The van der Waals surface area contributed by atoms with Gasteiger partial charge in [-0.15, -0.1) is 0 Å². The zero-order valence-electron chi connectivity index (χ0n) is 24.5. The van der Waals surface area contributed by atoms with Gasteiger partial charge in [-0.2, -0.15) is 0 Å². The van der Waals surface area contributed by atoms with Crippen molar-refractivity contribution in [3.63, 3.8) is 0 Å². The predicted octanol–water partition coefficient (Wildman–Crippen LogP) is 5.27. The van der Waals surface area contributed by atoms with E-state index in [9.17, 15) is 9.59 Å². The van der Waals surface area contributed by atoms with E-state index in [4.69, 9.17) is 23.7 Å². The molecule has 44 heavy (non-hydrogen) atoms. The van der Waals surface area contributed by atoms with Crippen molar-refractivity contribution >= 4 is 39.3 Å². The SMILES string of the molecule is COc1ccc(Br)cc1[C@H]1C(C(=O)OC(C)C)=C(C)N=c2s/c(=C\c3ccc(OCc4ccc5c(c4)OCO5)cc3)c(=O)n21. The molecule has 1 aromatic heterocycles. The van der Waals surface area contributed by atoms with Crippen LogP contribution in [0.2, 0.25) is 0 Å². The number of hydrogen-bond donors (Lipinski definition) is 0. The molecule has 0 amide bonds. The first-order chi connectivity index (χ1) is 21.2. The Hall–Kier alpha value is -4.35. The molecule has 3 heterocycles. The zero-order valence-corrected chi connectivity index (χ0v) is 26.9. The van der Waals surface area contributed by atoms with E-state index >= 15 is 0 Å². The Kier molecular flexibility index (Phi) is 8.33. The molecule has 0 N–H and O–H groups in total. The van der Waals surface area contributed by atoms with Crippen LogP contribution in [0.3, 0.4) is 0 Å². The summed E-state index contributed by atoms with van der Waals surface area (Å²) >= 11 is 4.79. The number of ether oxygens (including phenoxy) is 5. The van der Waals surface area contributed by atoms with Gasteiger partial charge in [-0.3, -0.25) is 9.36 Å². The van der Waals surface area contributed by atoms with E-state index in [1.54, 1.807) is 38.5 Å². The van der Waals surface area contributed by atoms with Crippen LogP contribution in [0.5, 0.6) is 23.0 Å². The molecule has 6 rings (SSSR count). The molecule has 2 aliphatic rings. The molecule has 11 heteroatoms. The Balaban J connectivity index is 1.34. The van der Waals surface area contributed by atoms with Gasteiger partial charge in [0.1, 0.15) is 24.1 Å². The van der Waals surface area contributed by atoms with Crippen molar-refractivity contribution in [3.05, 3.63) is 113 Å². The molecule has 0 unspecified atom stereocenters. The maximum absolute atomic E-state index is 14.0. The fourth-order valence-corrected chi connectivity index (χ4v) is 6.51. The van der Waals surface area contributed by atoms with Gasteiger partial charge in [0.2, 0.25) is 6.79 Å². The maximum Gasteiger partial charge on any atom is 0.338 e. The first-order valence-electron chi connectivity index (χ1n) is 13.9. The molecule has 1 atom stereocenters. The quantitative estimate of drug-likeness (QED) is 0.235. The highest BCUT2D eigenvalue weighted by Crippen LogP contribution is 2.37. The lowest BCUT2D eigenvalue weighted by Crippen LogP contribution is -2.40. The van der Waals surface area contributed by atoms with Gasteiger partial charge < -0.3 is 23.7 Å². The number of thiazole rings is 1. The Morgan fingerprint density at radius 1 is 1.11 bits per heavy atom. The van der Waals surface area contributed by atoms with E-state index in [0.717, 1.165) is 21.3 Å². The van der Waals surface area contributed by atoms with Crippen LogP contribution in [0, 0.1) is 0 Å².